The molecule has 18 heavy (non-hydrogen) atoms. The number of hydrogen-bond donors (Lipinski definition) is 1. The largest absolute Gasteiger partial charge is 0.444 e. The van der Waals surface area contributed by atoms with E-state index in [1.165, 1.54) is 6.07 Å². The zero-order chi connectivity index (χ0) is 13.9. The van der Waals surface area contributed by atoms with Crippen molar-refractivity contribution in [1.29, 1.82) is 5.26 Å². The van der Waals surface area contributed by atoms with Gasteiger partial charge in [0.1, 0.15) is 17.5 Å². The van der Waals surface area contributed by atoms with E-state index >= 15 is 0 Å². The molecule has 0 bridgehead atoms. The predicted molar refractivity (Wildman–Crippen MR) is 66.0 cm³/mol. The lowest BCUT2D eigenvalue weighted by molar-refractivity contribution is 0.0636. The smallest absolute Gasteiger partial charge is 0.412 e. The van der Waals surface area contributed by atoms with Gasteiger partial charge in [0.15, 0.2) is 0 Å². The number of carbonyl (C=O) groups excluding carboxylic acids is 1. The number of rotatable bonds is 1. The van der Waals surface area contributed by atoms with Gasteiger partial charge in [0.2, 0.25) is 0 Å². The summed E-state index contributed by atoms with van der Waals surface area (Å²) in [5.41, 5.74) is -0.693. The Kier molecular flexibility index (Phi) is 4.15. The molecule has 6 heteroatoms. The summed E-state index contributed by atoms with van der Waals surface area (Å²) >= 11 is 5.63. The summed E-state index contributed by atoms with van der Waals surface area (Å²) in [4.78, 5) is 11.5. The molecule has 0 heterocycles. The SMILES string of the molecule is CC(C)(C)OC(=O)Nc1ccc(F)c(Cl)c1C#N. The van der Waals surface area contributed by atoms with Crippen LogP contribution in [0, 0.1) is 17.1 Å². The normalized spacial score (nSPS) is 10.7. The fourth-order valence-corrected chi connectivity index (χ4v) is 1.38. The second-order valence-corrected chi connectivity index (χ2v) is 4.90. The van der Waals surface area contributed by atoms with Crippen molar-refractivity contribution in [3.63, 3.8) is 0 Å². The fraction of sp³-hybridized carbons (Fsp3) is 0.333. The minimum Gasteiger partial charge on any atom is -0.444 e. The summed E-state index contributed by atoms with van der Waals surface area (Å²) in [6.45, 7) is 5.11. The molecule has 96 valence electrons. The topological polar surface area (TPSA) is 62.1 Å². The molecule has 0 aliphatic rings. The molecule has 0 radical (unpaired) electrons. The molecule has 0 unspecified atom stereocenters. The summed E-state index contributed by atoms with van der Waals surface area (Å²) in [5, 5.41) is 10.9. The van der Waals surface area contributed by atoms with Crippen LogP contribution in [0.3, 0.4) is 0 Å². The summed E-state index contributed by atoms with van der Waals surface area (Å²) in [7, 11) is 0. The van der Waals surface area contributed by atoms with Gasteiger partial charge in [-0.3, -0.25) is 5.32 Å². The maximum absolute atomic E-state index is 13.1. The van der Waals surface area contributed by atoms with Crippen LogP contribution in [0.5, 0.6) is 0 Å². The number of nitrogens with one attached hydrogen (secondary N) is 1. The minimum absolute atomic E-state index is 0.109. The van der Waals surface area contributed by atoms with Crippen molar-refractivity contribution in [2.75, 3.05) is 5.32 Å². The quantitative estimate of drug-likeness (QED) is 0.846. The summed E-state index contributed by atoms with van der Waals surface area (Å²) in [5.74, 6) is -0.719. The molecule has 0 aliphatic carbocycles. The van der Waals surface area contributed by atoms with E-state index in [2.05, 4.69) is 5.32 Å². The molecule has 0 saturated carbocycles. The van der Waals surface area contributed by atoms with Crippen LogP contribution in [0.1, 0.15) is 26.3 Å². The number of anilines is 1. The first kappa shape index (κ1) is 14.3. The Balaban J connectivity index is 2.96. The highest BCUT2D eigenvalue weighted by atomic mass is 35.5. The Hall–Kier alpha value is -1.80. The van der Waals surface area contributed by atoms with Crippen molar-refractivity contribution in [2.45, 2.75) is 26.4 Å². The van der Waals surface area contributed by atoms with Gasteiger partial charge in [-0.1, -0.05) is 11.6 Å². The lowest BCUT2D eigenvalue weighted by Crippen LogP contribution is -2.27. The third kappa shape index (κ3) is 3.60. The molecule has 0 aliphatic heterocycles. The average molecular weight is 271 g/mol. The van der Waals surface area contributed by atoms with Crippen molar-refractivity contribution >= 4 is 23.4 Å². The highest BCUT2D eigenvalue weighted by molar-refractivity contribution is 6.32. The molecular weight excluding hydrogens is 259 g/mol. The molecule has 1 rings (SSSR count). The first-order valence-electron chi connectivity index (χ1n) is 5.12. The lowest BCUT2D eigenvalue weighted by Gasteiger charge is -2.20. The number of benzene rings is 1. The van der Waals surface area contributed by atoms with Gasteiger partial charge in [0, 0.05) is 0 Å². The van der Waals surface area contributed by atoms with Crippen LogP contribution in [-0.4, -0.2) is 11.7 Å². The van der Waals surface area contributed by atoms with Crippen LogP contribution >= 0.6 is 11.6 Å². The van der Waals surface area contributed by atoms with E-state index in [0.717, 1.165) is 6.07 Å². The number of carbonyl (C=O) groups is 1. The van der Waals surface area contributed by atoms with E-state index in [0.29, 0.717) is 0 Å². The molecule has 0 atom stereocenters. The third-order valence-electron chi connectivity index (χ3n) is 1.84. The van der Waals surface area contributed by atoms with Gasteiger partial charge in [-0.05, 0) is 32.9 Å². The van der Waals surface area contributed by atoms with Gasteiger partial charge >= 0.3 is 6.09 Å². The maximum Gasteiger partial charge on any atom is 0.412 e. The van der Waals surface area contributed by atoms with E-state index < -0.39 is 17.5 Å². The number of halogens is 2. The van der Waals surface area contributed by atoms with Crippen LogP contribution in [0.4, 0.5) is 14.9 Å². The predicted octanol–water partition coefficient (Wildman–Crippen LogP) is 3.70. The fourth-order valence-electron chi connectivity index (χ4n) is 1.18. The van der Waals surface area contributed by atoms with E-state index in [9.17, 15) is 9.18 Å². The van der Waals surface area contributed by atoms with E-state index in [4.69, 9.17) is 21.6 Å². The van der Waals surface area contributed by atoms with Gasteiger partial charge in [0.05, 0.1) is 16.3 Å². The highest BCUT2D eigenvalue weighted by Crippen LogP contribution is 2.26. The van der Waals surface area contributed by atoms with Gasteiger partial charge in [-0.2, -0.15) is 5.26 Å². The Morgan fingerprint density at radius 3 is 2.61 bits per heavy atom. The molecule has 1 aromatic carbocycles. The van der Waals surface area contributed by atoms with Crippen molar-refractivity contribution in [3.05, 3.63) is 28.5 Å². The van der Waals surface area contributed by atoms with Crippen molar-refractivity contribution in [3.8, 4) is 6.07 Å². The number of ether oxygens (including phenoxy) is 1. The van der Waals surface area contributed by atoms with Crippen LogP contribution in [0.15, 0.2) is 12.1 Å². The molecule has 4 nitrogen and oxygen atoms in total. The van der Waals surface area contributed by atoms with Crippen molar-refractivity contribution in [1.82, 2.24) is 0 Å². The first-order chi connectivity index (χ1) is 8.24. The zero-order valence-electron chi connectivity index (χ0n) is 10.2. The van der Waals surface area contributed by atoms with Crippen molar-refractivity contribution in [2.24, 2.45) is 0 Å². The molecule has 1 amide bonds. The van der Waals surface area contributed by atoms with Gasteiger partial charge in [-0.15, -0.1) is 0 Å². The Morgan fingerprint density at radius 2 is 2.11 bits per heavy atom. The Morgan fingerprint density at radius 1 is 1.50 bits per heavy atom. The zero-order valence-corrected chi connectivity index (χ0v) is 10.9. The van der Waals surface area contributed by atoms with Crippen LogP contribution in [0.2, 0.25) is 5.02 Å². The number of nitriles is 1. The Labute approximate surface area is 109 Å². The highest BCUT2D eigenvalue weighted by Gasteiger charge is 2.19. The molecule has 0 aromatic heterocycles. The second kappa shape index (κ2) is 5.23. The molecular formula is C12H12ClFN2O2. The molecule has 0 fully saturated rings. The van der Waals surface area contributed by atoms with Crippen LogP contribution in [0.25, 0.3) is 0 Å². The van der Waals surface area contributed by atoms with Crippen LogP contribution in [-0.2, 0) is 4.74 Å². The molecule has 1 N–H and O–H groups in total. The number of amides is 1. The minimum atomic E-state index is -0.735. The molecule has 0 saturated heterocycles. The van der Waals surface area contributed by atoms with E-state index in [1.54, 1.807) is 26.8 Å². The summed E-state index contributed by atoms with van der Waals surface area (Å²) in [6.07, 6.45) is -0.735. The van der Waals surface area contributed by atoms with E-state index in [-0.39, 0.29) is 16.3 Å². The third-order valence-corrected chi connectivity index (χ3v) is 2.21. The number of nitrogens with zero attached hydrogens (tertiary/aromatic N) is 1. The van der Waals surface area contributed by atoms with Crippen molar-refractivity contribution < 1.29 is 13.9 Å². The number of hydrogen-bond acceptors (Lipinski definition) is 3. The molecule has 0 spiro atoms. The average Bonchev–Trinajstić information content (AvgIpc) is 2.21. The standard InChI is InChI=1S/C12H12ClFN2O2/c1-12(2,3)18-11(17)16-9-5-4-8(14)10(13)7(9)6-15/h4-5H,1-3H3,(H,16,17). The lowest BCUT2D eigenvalue weighted by atomic mass is 10.2. The summed E-state index contributed by atoms with van der Waals surface area (Å²) < 4.78 is 18.1. The first-order valence-corrected chi connectivity index (χ1v) is 5.50. The van der Waals surface area contributed by atoms with Crippen LogP contribution < -0.4 is 5.32 Å². The molecule has 1 aromatic rings. The monoisotopic (exact) mass is 270 g/mol. The Bertz CT molecular complexity index is 518. The van der Waals surface area contributed by atoms with Gasteiger partial charge in [0.25, 0.3) is 0 Å². The second-order valence-electron chi connectivity index (χ2n) is 4.52. The summed E-state index contributed by atoms with van der Waals surface area (Å²) in [6, 6.07) is 4.05. The van der Waals surface area contributed by atoms with Gasteiger partial charge < -0.3 is 4.74 Å². The van der Waals surface area contributed by atoms with Gasteiger partial charge in [-0.25, -0.2) is 9.18 Å². The maximum atomic E-state index is 13.1. The van der Waals surface area contributed by atoms with E-state index in [1.807, 2.05) is 0 Å².